The second-order valence-corrected chi connectivity index (χ2v) is 11.4. The molecule has 0 fully saturated rings. The number of carbonyl (C=O) groups is 2. The van der Waals surface area contributed by atoms with Gasteiger partial charge in [-0.15, -0.1) is 15.2 Å². The van der Waals surface area contributed by atoms with Crippen LogP contribution in [0, 0.1) is 10.1 Å². The standard InChI is InChI=1S/C34H38ClN7O9/c1-4-5-10-29-38-31(35)30(33(43)50-22(2)47-3)40(29)19-23-11-15-25(16-12-23)27-8-6-7-9-28(27)32(36)39-41(37)21-48-34(44)51-26-17-13-24(14-18-26)20-49-42(45)46/h6-9,11-18,22H,4-5,10,19-21,37H2,1-3H3,(H2,36,39). The van der Waals surface area contributed by atoms with E-state index in [0.717, 1.165) is 34.6 Å². The Morgan fingerprint density at radius 1 is 1.08 bits per heavy atom. The molecule has 0 bridgehead atoms. The van der Waals surface area contributed by atoms with E-state index in [9.17, 15) is 19.7 Å². The number of imidazole rings is 1. The molecule has 1 heterocycles. The number of hydrogen-bond acceptors (Lipinski definition) is 13. The van der Waals surface area contributed by atoms with Crippen molar-refractivity contribution >= 4 is 29.6 Å². The van der Waals surface area contributed by atoms with Crippen LogP contribution in [0.5, 0.6) is 5.75 Å². The van der Waals surface area contributed by atoms with Gasteiger partial charge < -0.3 is 34.1 Å². The van der Waals surface area contributed by atoms with Crippen LogP contribution in [-0.4, -0.2) is 57.8 Å². The van der Waals surface area contributed by atoms with E-state index in [0.29, 0.717) is 29.9 Å². The highest BCUT2D eigenvalue weighted by Crippen LogP contribution is 2.26. The third-order valence-electron chi connectivity index (χ3n) is 7.38. The summed E-state index contributed by atoms with van der Waals surface area (Å²) in [6.45, 7) is 3.28. The van der Waals surface area contributed by atoms with Crippen LogP contribution in [-0.2, 0) is 38.6 Å². The highest BCUT2D eigenvalue weighted by atomic mass is 35.5. The predicted octanol–water partition coefficient (Wildman–Crippen LogP) is 5.42. The maximum absolute atomic E-state index is 13.0. The number of hydrazone groups is 1. The lowest BCUT2D eigenvalue weighted by atomic mass is 9.98. The Labute approximate surface area is 298 Å². The summed E-state index contributed by atoms with van der Waals surface area (Å²) in [5.41, 5.74) is 10.0. The lowest BCUT2D eigenvalue weighted by Gasteiger charge is -2.16. The molecule has 0 aliphatic heterocycles. The van der Waals surface area contributed by atoms with Crippen LogP contribution in [0.1, 0.15) is 59.7 Å². The van der Waals surface area contributed by atoms with E-state index < -0.39 is 30.2 Å². The molecule has 0 saturated carbocycles. The fourth-order valence-electron chi connectivity index (χ4n) is 4.79. The molecule has 0 aliphatic rings. The van der Waals surface area contributed by atoms with Crippen molar-refractivity contribution in [3.63, 3.8) is 0 Å². The number of nitrogens with two attached hydrogens (primary N) is 2. The molecule has 0 aliphatic carbocycles. The first-order valence-corrected chi connectivity index (χ1v) is 16.1. The number of ether oxygens (including phenoxy) is 4. The molecular weight excluding hydrogens is 686 g/mol. The zero-order chi connectivity index (χ0) is 36.9. The lowest BCUT2D eigenvalue weighted by molar-refractivity contribution is -0.763. The highest BCUT2D eigenvalue weighted by Gasteiger charge is 2.25. The number of aromatic nitrogens is 2. The van der Waals surface area contributed by atoms with E-state index >= 15 is 0 Å². The maximum Gasteiger partial charge on any atom is 0.515 e. The van der Waals surface area contributed by atoms with Crippen LogP contribution in [0.4, 0.5) is 4.79 Å². The molecule has 0 spiro atoms. The van der Waals surface area contributed by atoms with Gasteiger partial charge in [-0.1, -0.05) is 85.6 Å². The molecule has 16 nitrogen and oxygen atoms in total. The minimum atomic E-state index is -1.06. The van der Waals surface area contributed by atoms with Gasteiger partial charge in [0.25, 0.3) is 5.09 Å². The molecule has 51 heavy (non-hydrogen) atoms. The number of hydrazine groups is 1. The minimum absolute atomic E-state index is 0.0590. The van der Waals surface area contributed by atoms with Crippen LogP contribution in [0.2, 0.25) is 5.15 Å². The number of rotatable bonds is 17. The van der Waals surface area contributed by atoms with Gasteiger partial charge in [0.2, 0.25) is 0 Å². The number of hydrogen-bond donors (Lipinski definition) is 2. The van der Waals surface area contributed by atoms with Gasteiger partial charge in [0.1, 0.15) is 18.2 Å². The minimum Gasteiger partial charge on any atom is -0.431 e. The van der Waals surface area contributed by atoms with Gasteiger partial charge in [0.05, 0.1) is 0 Å². The van der Waals surface area contributed by atoms with Crippen molar-refractivity contribution in [1.82, 2.24) is 14.7 Å². The van der Waals surface area contributed by atoms with E-state index in [1.54, 1.807) is 23.6 Å². The predicted molar refractivity (Wildman–Crippen MR) is 186 cm³/mol. The molecule has 1 unspecified atom stereocenters. The van der Waals surface area contributed by atoms with Crippen LogP contribution in [0.25, 0.3) is 11.1 Å². The third kappa shape index (κ3) is 10.9. The SMILES string of the molecule is CCCCc1nc(Cl)c(C(=O)OC(C)OC)n1Cc1ccc(-c2ccccc2/C(N)=N/N(N)COC(=O)Oc2ccc(CO[N+](=O)[O-])cc2)cc1. The number of amidine groups is 1. The molecule has 0 amide bonds. The first-order valence-electron chi connectivity index (χ1n) is 15.7. The smallest absolute Gasteiger partial charge is 0.431 e. The number of halogens is 1. The summed E-state index contributed by atoms with van der Waals surface area (Å²) in [5.74, 6) is 6.18. The van der Waals surface area contributed by atoms with Crippen molar-refractivity contribution in [2.75, 3.05) is 13.8 Å². The number of nitrogens with zero attached hydrogens (tertiary/aromatic N) is 5. The number of methoxy groups -OCH3 is 1. The first kappa shape index (κ1) is 38.1. The molecule has 4 N–H and O–H groups in total. The van der Waals surface area contributed by atoms with E-state index in [-0.39, 0.29) is 29.0 Å². The second-order valence-electron chi connectivity index (χ2n) is 11.0. The van der Waals surface area contributed by atoms with Crippen molar-refractivity contribution in [2.24, 2.45) is 16.7 Å². The van der Waals surface area contributed by atoms with E-state index in [1.807, 2.05) is 36.4 Å². The van der Waals surface area contributed by atoms with Crippen molar-refractivity contribution in [1.29, 1.82) is 0 Å². The van der Waals surface area contributed by atoms with Crippen molar-refractivity contribution in [3.8, 4) is 16.9 Å². The number of benzene rings is 3. The van der Waals surface area contributed by atoms with Gasteiger partial charge in [-0.2, -0.15) is 5.12 Å². The summed E-state index contributed by atoms with van der Waals surface area (Å²) in [7, 11) is 1.44. The second kappa shape index (κ2) is 18.3. The fraction of sp³-hybridized carbons (Fsp3) is 0.294. The molecule has 4 aromatic rings. The Morgan fingerprint density at radius 3 is 2.43 bits per heavy atom. The Kier molecular flexibility index (Phi) is 13.7. The summed E-state index contributed by atoms with van der Waals surface area (Å²) in [6, 6.07) is 20.8. The molecule has 1 aromatic heterocycles. The number of aryl methyl sites for hydroxylation is 1. The molecule has 270 valence electrons. The van der Waals surface area contributed by atoms with Crippen LogP contribution < -0.4 is 16.3 Å². The normalized spacial score (nSPS) is 11.8. The number of unbranched alkanes of at least 4 members (excludes halogenated alkanes) is 1. The topological polar surface area (TPSA) is 209 Å². The van der Waals surface area contributed by atoms with Crippen molar-refractivity contribution in [3.05, 3.63) is 116 Å². The average molecular weight is 724 g/mol. The van der Waals surface area contributed by atoms with E-state index in [4.69, 9.17) is 42.1 Å². The van der Waals surface area contributed by atoms with Crippen molar-refractivity contribution in [2.45, 2.75) is 52.6 Å². The number of esters is 1. The number of carbonyl (C=O) groups excluding carboxylic acids is 2. The zero-order valence-corrected chi connectivity index (χ0v) is 28.9. The Balaban J connectivity index is 1.43. The van der Waals surface area contributed by atoms with Crippen LogP contribution in [0.3, 0.4) is 0 Å². The molecule has 3 aromatic carbocycles. The fourth-order valence-corrected chi connectivity index (χ4v) is 5.07. The summed E-state index contributed by atoms with van der Waals surface area (Å²) < 4.78 is 22.3. The summed E-state index contributed by atoms with van der Waals surface area (Å²) in [5, 5.41) is 14.5. The first-order chi connectivity index (χ1) is 24.5. The van der Waals surface area contributed by atoms with Gasteiger partial charge in [0, 0.05) is 25.6 Å². The monoisotopic (exact) mass is 723 g/mol. The Morgan fingerprint density at radius 2 is 1.76 bits per heavy atom. The summed E-state index contributed by atoms with van der Waals surface area (Å²) in [4.78, 5) is 44.3. The largest absolute Gasteiger partial charge is 0.515 e. The molecular formula is C34H38ClN7O9. The molecule has 4 rings (SSSR count). The van der Waals surface area contributed by atoms with Gasteiger partial charge >= 0.3 is 12.1 Å². The van der Waals surface area contributed by atoms with Gasteiger partial charge in [-0.3, -0.25) is 0 Å². The molecule has 1 atom stereocenters. The van der Waals surface area contributed by atoms with Gasteiger partial charge in [0.15, 0.2) is 29.7 Å². The Bertz CT molecular complexity index is 1830. The van der Waals surface area contributed by atoms with Crippen LogP contribution in [0.15, 0.2) is 77.9 Å². The quantitative estimate of drug-likeness (QED) is 0.0204. The molecule has 0 radical (unpaired) electrons. The zero-order valence-electron chi connectivity index (χ0n) is 28.2. The van der Waals surface area contributed by atoms with Crippen molar-refractivity contribution < 1.29 is 38.5 Å². The summed E-state index contributed by atoms with van der Waals surface area (Å²) in [6.07, 6.45) is 0.629. The van der Waals surface area contributed by atoms with E-state index in [2.05, 4.69) is 21.8 Å². The average Bonchev–Trinajstić information content (AvgIpc) is 3.43. The summed E-state index contributed by atoms with van der Waals surface area (Å²) >= 11 is 6.43. The maximum atomic E-state index is 13.0. The molecule has 17 heteroatoms. The third-order valence-corrected chi connectivity index (χ3v) is 7.64. The lowest BCUT2D eigenvalue weighted by Crippen LogP contribution is -2.33. The van der Waals surface area contributed by atoms with Crippen LogP contribution >= 0.6 is 11.6 Å². The van der Waals surface area contributed by atoms with E-state index in [1.165, 1.54) is 31.4 Å². The molecule has 0 saturated heterocycles. The highest BCUT2D eigenvalue weighted by molar-refractivity contribution is 6.32. The Hall–Kier alpha value is -5.71. The van der Waals surface area contributed by atoms with Gasteiger partial charge in [-0.25, -0.2) is 20.4 Å². The van der Waals surface area contributed by atoms with Gasteiger partial charge in [-0.05, 0) is 47.7 Å².